The molecule has 4 N–H and O–H groups in total. The van der Waals surface area contributed by atoms with Crippen LogP contribution in [0.1, 0.15) is 18.5 Å². The maximum atomic E-state index is 12.8. The van der Waals surface area contributed by atoms with E-state index in [4.69, 9.17) is 0 Å². The first-order chi connectivity index (χ1) is 13.1. The number of likely N-dealkylation sites (N-methyl/N-ethyl adjacent to an activating group) is 1. The Morgan fingerprint density at radius 2 is 1.59 bits per heavy atom. The average molecular weight is 378 g/mol. The van der Waals surface area contributed by atoms with Crippen LogP contribution in [-0.4, -0.2) is 74.6 Å². The van der Waals surface area contributed by atoms with Gasteiger partial charge in [-0.1, -0.05) is 12.1 Å². The van der Waals surface area contributed by atoms with E-state index in [2.05, 4.69) is 26.2 Å². The van der Waals surface area contributed by atoms with Crippen molar-refractivity contribution in [1.82, 2.24) is 26.2 Å². The Morgan fingerprint density at radius 1 is 1.07 bits per heavy atom. The van der Waals surface area contributed by atoms with Gasteiger partial charge in [-0.3, -0.25) is 19.8 Å². The molecule has 0 saturated carbocycles. The number of nitrogens with zero attached hydrogens (tertiary/aromatic N) is 2. The first kappa shape index (κ1) is 21.2. The third kappa shape index (κ3) is 6.87. The number of nitro benzene ring substituents is 1. The van der Waals surface area contributed by atoms with Crippen molar-refractivity contribution in [2.75, 3.05) is 58.9 Å². The van der Waals surface area contributed by atoms with Crippen molar-refractivity contribution in [1.29, 1.82) is 0 Å². The second-order valence-corrected chi connectivity index (χ2v) is 6.43. The van der Waals surface area contributed by atoms with Crippen LogP contribution in [0.4, 0.5) is 5.69 Å². The number of carbonyl (C=O) groups excluding carboxylic acids is 1. The predicted molar refractivity (Wildman–Crippen MR) is 105 cm³/mol. The van der Waals surface area contributed by atoms with E-state index in [9.17, 15) is 14.9 Å². The Labute approximate surface area is 160 Å². The first-order valence-corrected chi connectivity index (χ1v) is 9.51. The van der Waals surface area contributed by atoms with E-state index in [-0.39, 0.29) is 11.6 Å². The predicted octanol–water partition coefficient (Wildman–Crippen LogP) is -0.144. The molecule has 0 spiro atoms. The quantitative estimate of drug-likeness (QED) is 0.417. The lowest BCUT2D eigenvalue weighted by molar-refractivity contribution is -0.384. The zero-order valence-electron chi connectivity index (χ0n) is 15.9. The Hall–Kier alpha value is -2.07. The van der Waals surface area contributed by atoms with Crippen LogP contribution in [0.2, 0.25) is 0 Å². The summed E-state index contributed by atoms with van der Waals surface area (Å²) in [5, 5.41) is 24.0. The monoisotopic (exact) mass is 378 g/mol. The molecule has 0 bridgehead atoms. The summed E-state index contributed by atoms with van der Waals surface area (Å²) >= 11 is 0. The molecule has 1 aliphatic heterocycles. The Balaban J connectivity index is 2.20. The molecule has 0 radical (unpaired) electrons. The fourth-order valence-corrected chi connectivity index (χ4v) is 3.12. The highest BCUT2D eigenvalue weighted by Gasteiger charge is 2.27. The van der Waals surface area contributed by atoms with Crippen LogP contribution in [-0.2, 0) is 4.79 Å². The summed E-state index contributed by atoms with van der Waals surface area (Å²) in [7, 11) is 0. The molecule has 2 rings (SSSR count). The molecule has 150 valence electrons. The van der Waals surface area contributed by atoms with E-state index in [1.165, 1.54) is 12.1 Å². The number of benzene rings is 1. The summed E-state index contributed by atoms with van der Waals surface area (Å²) in [6.45, 7) is 8.94. The first-order valence-electron chi connectivity index (χ1n) is 9.51. The molecule has 1 aromatic carbocycles. The standard InChI is InChI=1S/C18H30N6O3/c1-2-22-18(25)17(15-3-5-16(6-4-15)24(26)27)23-13-11-20-9-7-19-8-10-21-12-14-23/h3-6,17,19-21H,2,7-14H2,1H3,(H,22,25). The van der Waals surface area contributed by atoms with Gasteiger partial charge in [-0.2, -0.15) is 0 Å². The van der Waals surface area contributed by atoms with Gasteiger partial charge in [0.1, 0.15) is 6.04 Å². The number of carbonyl (C=O) groups is 1. The van der Waals surface area contributed by atoms with Crippen molar-refractivity contribution < 1.29 is 9.72 Å². The summed E-state index contributed by atoms with van der Waals surface area (Å²) in [5.74, 6) is -0.0832. The smallest absolute Gasteiger partial charge is 0.269 e. The second kappa shape index (κ2) is 11.6. The zero-order chi connectivity index (χ0) is 19.5. The topological polar surface area (TPSA) is 112 Å². The summed E-state index contributed by atoms with van der Waals surface area (Å²) in [5.41, 5.74) is 0.790. The fourth-order valence-electron chi connectivity index (χ4n) is 3.12. The van der Waals surface area contributed by atoms with Gasteiger partial charge in [0.2, 0.25) is 5.91 Å². The van der Waals surface area contributed by atoms with Gasteiger partial charge in [0.15, 0.2) is 0 Å². The number of nitro groups is 1. The van der Waals surface area contributed by atoms with Gasteiger partial charge < -0.3 is 21.3 Å². The Kier molecular flexibility index (Phi) is 9.12. The highest BCUT2D eigenvalue weighted by molar-refractivity contribution is 5.83. The molecule has 1 saturated heterocycles. The van der Waals surface area contributed by atoms with Crippen LogP contribution in [0.15, 0.2) is 24.3 Å². The number of rotatable bonds is 5. The van der Waals surface area contributed by atoms with E-state index in [1.807, 2.05) is 6.92 Å². The molecule has 1 unspecified atom stereocenters. The van der Waals surface area contributed by atoms with Gasteiger partial charge in [-0.05, 0) is 12.5 Å². The molecule has 0 aromatic heterocycles. The third-order valence-electron chi connectivity index (χ3n) is 4.49. The maximum Gasteiger partial charge on any atom is 0.269 e. The van der Waals surface area contributed by atoms with Gasteiger partial charge in [0.05, 0.1) is 4.92 Å². The van der Waals surface area contributed by atoms with Gasteiger partial charge in [0, 0.05) is 71.0 Å². The number of nitrogens with one attached hydrogen (secondary N) is 4. The molecule has 27 heavy (non-hydrogen) atoms. The van der Waals surface area contributed by atoms with Gasteiger partial charge >= 0.3 is 0 Å². The summed E-state index contributed by atoms with van der Waals surface area (Å²) in [4.78, 5) is 25.4. The third-order valence-corrected chi connectivity index (χ3v) is 4.49. The molecule has 9 nitrogen and oxygen atoms in total. The summed E-state index contributed by atoms with van der Waals surface area (Å²) < 4.78 is 0. The van der Waals surface area contributed by atoms with Crippen molar-refractivity contribution in [3.63, 3.8) is 0 Å². The van der Waals surface area contributed by atoms with Gasteiger partial charge in [-0.15, -0.1) is 0 Å². The largest absolute Gasteiger partial charge is 0.355 e. The minimum absolute atomic E-state index is 0.0259. The lowest BCUT2D eigenvalue weighted by Gasteiger charge is -2.31. The zero-order valence-corrected chi connectivity index (χ0v) is 15.9. The van der Waals surface area contributed by atoms with Crippen molar-refractivity contribution in [2.24, 2.45) is 0 Å². The molecule has 1 aromatic rings. The van der Waals surface area contributed by atoms with Crippen LogP contribution >= 0.6 is 0 Å². The molecule has 9 heteroatoms. The average Bonchev–Trinajstić information content (AvgIpc) is 2.64. The fraction of sp³-hybridized carbons (Fsp3) is 0.611. The van der Waals surface area contributed by atoms with Crippen LogP contribution in [0, 0.1) is 10.1 Å². The SMILES string of the molecule is CCNC(=O)C(c1ccc([N+](=O)[O-])cc1)N1CCNCCNCCNCC1. The lowest BCUT2D eigenvalue weighted by atomic mass is 10.0. The van der Waals surface area contributed by atoms with Crippen molar-refractivity contribution in [3.8, 4) is 0 Å². The van der Waals surface area contributed by atoms with Crippen molar-refractivity contribution in [2.45, 2.75) is 13.0 Å². The molecule has 1 aliphatic rings. The molecule has 0 aliphatic carbocycles. The highest BCUT2D eigenvalue weighted by atomic mass is 16.6. The van der Waals surface area contributed by atoms with Crippen molar-refractivity contribution >= 4 is 11.6 Å². The Morgan fingerprint density at radius 3 is 2.07 bits per heavy atom. The molecule has 1 fully saturated rings. The normalized spacial score (nSPS) is 18.7. The number of amides is 1. The number of hydrogen-bond donors (Lipinski definition) is 4. The molecular weight excluding hydrogens is 348 g/mol. The number of non-ortho nitro benzene ring substituents is 1. The highest BCUT2D eigenvalue weighted by Crippen LogP contribution is 2.23. The minimum Gasteiger partial charge on any atom is -0.355 e. The van der Waals surface area contributed by atoms with Crippen LogP contribution in [0.5, 0.6) is 0 Å². The van der Waals surface area contributed by atoms with E-state index >= 15 is 0 Å². The van der Waals surface area contributed by atoms with Crippen LogP contribution < -0.4 is 21.3 Å². The van der Waals surface area contributed by atoms with E-state index < -0.39 is 11.0 Å². The van der Waals surface area contributed by atoms with Crippen LogP contribution in [0.25, 0.3) is 0 Å². The van der Waals surface area contributed by atoms with Gasteiger partial charge in [0.25, 0.3) is 5.69 Å². The number of hydrogen-bond acceptors (Lipinski definition) is 7. The van der Waals surface area contributed by atoms with E-state index in [0.717, 1.165) is 44.8 Å². The summed E-state index contributed by atoms with van der Waals surface area (Å²) in [6, 6.07) is 5.80. The molecule has 1 heterocycles. The molecule has 1 amide bonds. The molecule has 1 atom stereocenters. The van der Waals surface area contributed by atoms with Gasteiger partial charge in [-0.25, -0.2) is 0 Å². The minimum atomic E-state index is -0.476. The Bertz CT molecular complexity index is 583. The summed E-state index contributed by atoms with van der Waals surface area (Å²) in [6.07, 6.45) is 0. The van der Waals surface area contributed by atoms with E-state index in [0.29, 0.717) is 19.6 Å². The van der Waals surface area contributed by atoms with E-state index in [1.54, 1.807) is 12.1 Å². The molecular formula is C18H30N6O3. The van der Waals surface area contributed by atoms with Crippen LogP contribution in [0.3, 0.4) is 0 Å². The van der Waals surface area contributed by atoms with Crippen molar-refractivity contribution in [3.05, 3.63) is 39.9 Å². The maximum absolute atomic E-state index is 12.8. The second-order valence-electron chi connectivity index (χ2n) is 6.43. The lowest BCUT2D eigenvalue weighted by Crippen LogP contribution is -2.47.